The first-order valence-corrected chi connectivity index (χ1v) is 12.4. The van der Waals surface area contributed by atoms with E-state index in [0.29, 0.717) is 44.6 Å². The minimum atomic E-state index is -0.565. The van der Waals surface area contributed by atoms with Gasteiger partial charge < -0.3 is 9.55 Å². The molecule has 0 radical (unpaired) electrons. The molecule has 1 aliphatic carbocycles. The molecule has 0 amide bonds. The molecule has 186 valence electrons. The molecule has 0 bridgehead atoms. The van der Waals surface area contributed by atoms with Crippen molar-refractivity contribution in [2.45, 2.75) is 25.3 Å². The maximum atomic E-state index is 14.5. The monoisotopic (exact) mass is 524 g/mol. The Morgan fingerprint density at radius 2 is 2.05 bits per heavy atom. The van der Waals surface area contributed by atoms with Crippen molar-refractivity contribution in [1.29, 1.82) is 5.26 Å². The van der Waals surface area contributed by atoms with Crippen LogP contribution in [0, 0.1) is 30.1 Å². The van der Waals surface area contributed by atoms with E-state index in [1.807, 2.05) is 12.1 Å². The number of halogens is 2. The number of pyridine rings is 2. The molecule has 3 atom stereocenters. The van der Waals surface area contributed by atoms with Crippen LogP contribution in [0.5, 0.6) is 0 Å². The van der Waals surface area contributed by atoms with Gasteiger partial charge in [0.1, 0.15) is 11.9 Å². The molecule has 1 N–H and O–H groups in total. The fourth-order valence-corrected chi connectivity index (χ4v) is 5.65. The Bertz CT molecular complexity index is 1870. The summed E-state index contributed by atoms with van der Waals surface area (Å²) < 4.78 is 17.8. The molecule has 0 spiro atoms. The Morgan fingerprint density at radius 1 is 1.18 bits per heavy atom. The summed E-state index contributed by atoms with van der Waals surface area (Å²) in [6.07, 6.45) is 4.05. The second-order valence-corrected chi connectivity index (χ2v) is 10.1. The van der Waals surface area contributed by atoms with Crippen molar-refractivity contribution in [2.24, 2.45) is 5.92 Å². The summed E-state index contributed by atoms with van der Waals surface area (Å²) in [6.45, 7) is 1.73. The lowest BCUT2D eigenvalue weighted by Gasteiger charge is -2.18. The number of aromatic amines is 1. The van der Waals surface area contributed by atoms with Crippen molar-refractivity contribution in [3.8, 4) is 34.1 Å². The van der Waals surface area contributed by atoms with Crippen molar-refractivity contribution in [3.63, 3.8) is 0 Å². The first-order chi connectivity index (χ1) is 18.4. The number of hydrogen-bond donors (Lipinski definition) is 1. The van der Waals surface area contributed by atoms with Gasteiger partial charge in [-0.15, -0.1) is 5.10 Å². The van der Waals surface area contributed by atoms with Gasteiger partial charge in [0, 0.05) is 34.0 Å². The highest BCUT2D eigenvalue weighted by atomic mass is 35.5. The maximum Gasteiger partial charge on any atom is 0.252 e. The quantitative estimate of drug-likeness (QED) is 0.344. The Hall–Kier alpha value is -4.62. The number of rotatable bonds is 4. The Kier molecular flexibility index (Phi) is 4.87. The van der Waals surface area contributed by atoms with Gasteiger partial charge in [0.05, 0.1) is 35.4 Å². The lowest BCUT2D eigenvalue weighted by Crippen LogP contribution is -2.26. The zero-order valence-corrected chi connectivity index (χ0v) is 20.7. The molecule has 5 aromatic rings. The highest BCUT2D eigenvalue weighted by Crippen LogP contribution is 2.60. The Morgan fingerprint density at radius 3 is 2.84 bits per heavy atom. The maximum absolute atomic E-state index is 14.5. The molecule has 1 aliphatic heterocycles. The van der Waals surface area contributed by atoms with Gasteiger partial charge in [-0.1, -0.05) is 16.8 Å². The van der Waals surface area contributed by atoms with Gasteiger partial charge in [-0.05, 0) is 61.2 Å². The van der Waals surface area contributed by atoms with Gasteiger partial charge in [0.2, 0.25) is 5.95 Å². The van der Waals surface area contributed by atoms with Gasteiger partial charge in [0.15, 0.2) is 5.69 Å². The van der Waals surface area contributed by atoms with Gasteiger partial charge in [-0.2, -0.15) is 9.65 Å². The van der Waals surface area contributed by atoms with E-state index in [2.05, 4.69) is 25.3 Å². The number of benzene rings is 1. The van der Waals surface area contributed by atoms with Crippen molar-refractivity contribution in [1.82, 2.24) is 34.5 Å². The van der Waals surface area contributed by atoms with E-state index >= 15 is 0 Å². The minimum absolute atomic E-state index is 0.168. The van der Waals surface area contributed by atoms with E-state index in [-0.39, 0.29) is 29.1 Å². The van der Waals surface area contributed by atoms with Gasteiger partial charge in [0.25, 0.3) is 5.56 Å². The summed E-state index contributed by atoms with van der Waals surface area (Å²) >= 11 is 6.33. The Balaban J connectivity index is 1.30. The second kappa shape index (κ2) is 8.19. The van der Waals surface area contributed by atoms with Crippen LogP contribution in [0.4, 0.5) is 4.39 Å². The van der Waals surface area contributed by atoms with E-state index in [0.717, 1.165) is 12.1 Å². The number of nitrogens with zero attached hydrogens (tertiary/aromatic N) is 7. The number of nitrogens with one attached hydrogen (secondary N) is 1. The fraction of sp³-hybridized carbons (Fsp3) is 0.185. The van der Waals surface area contributed by atoms with Crippen LogP contribution in [0.15, 0.2) is 59.7 Å². The van der Waals surface area contributed by atoms with Crippen LogP contribution in [-0.2, 0) is 0 Å². The summed E-state index contributed by atoms with van der Waals surface area (Å²) in [5.74, 6) is 0.504. The van der Waals surface area contributed by atoms with E-state index in [1.165, 1.54) is 10.9 Å². The van der Waals surface area contributed by atoms with E-state index in [4.69, 9.17) is 16.9 Å². The smallest absolute Gasteiger partial charge is 0.252 e. The Labute approximate surface area is 220 Å². The van der Waals surface area contributed by atoms with Crippen LogP contribution >= 0.6 is 11.6 Å². The van der Waals surface area contributed by atoms with Crippen LogP contribution in [0.1, 0.15) is 41.3 Å². The van der Waals surface area contributed by atoms with Crippen molar-refractivity contribution >= 4 is 11.6 Å². The van der Waals surface area contributed by atoms with E-state index in [9.17, 15) is 9.18 Å². The number of nitriles is 1. The van der Waals surface area contributed by atoms with Crippen LogP contribution in [0.3, 0.4) is 0 Å². The summed E-state index contributed by atoms with van der Waals surface area (Å²) in [4.78, 5) is 25.2. The predicted molar refractivity (Wildman–Crippen MR) is 136 cm³/mol. The lowest BCUT2D eigenvalue weighted by molar-refractivity contribution is 0.514. The summed E-state index contributed by atoms with van der Waals surface area (Å²) in [6, 6.07) is 14.0. The normalized spacial score (nSPS) is 19.2. The van der Waals surface area contributed by atoms with Crippen LogP contribution in [0.25, 0.3) is 28.1 Å². The third-order valence-corrected chi connectivity index (χ3v) is 7.51. The molecule has 1 aromatic carbocycles. The topological polar surface area (TPSA) is 118 Å². The zero-order valence-electron chi connectivity index (χ0n) is 19.9. The summed E-state index contributed by atoms with van der Waals surface area (Å²) in [7, 11) is 0. The molecular formula is C27H18ClFN8O. The SMILES string of the molecule is Cc1ccc(-c2cnc(C3C4CC4c4cc(-c5cc(Cl)ccc5-n5cc(C#N)nn5)cc(=O)n43)[nH]2)c(F)n1. The molecule has 11 heteroatoms. The predicted octanol–water partition coefficient (Wildman–Crippen LogP) is 4.56. The van der Waals surface area contributed by atoms with Crippen molar-refractivity contribution in [3.05, 3.63) is 99.1 Å². The van der Waals surface area contributed by atoms with Gasteiger partial charge in [-0.3, -0.25) is 4.79 Å². The third kappa shape index (κ3) is 3.47. The van der Waals surface area contributed by atoms with E-state index in [1.54, 1.807) is 54.1 Å². The number of aryl methyl sites for hydroxylation is 1. The molecule has 1 saturated carbocycles. The molecular weight excluding hydrogens is 507 g/mol. The highest BCUT2D eigenvalue weighted by molar-refractivity contribution is 6.31. The first-order valence-electron chi connectivity index (χ1n) is 12.0. The van der Waals surface area contributed by atoms with Gasteiger partial charge >= 0.3 is 0 Å². The van der Waals surface area contributed by atoms with Gasteiger partial charge in [-0.25, -0.2) is 14.6 Å². The highest BCUT2D eigenvalue weighted by Gasteiger charge is 2.54. The average Bonchev–Trinajstić information content (AvgIpc) is 3.21. The second-order valence-electron chi connectivity index (χ2n) is 9.62. The van der Waals surface area contributed by atoms with Crippen molar-refractivity contribution < 1.29 is 4.39 Å². The molecule has 3 unspecified atom stereocenters. The molecule has 2 aliphatic rings. The zero-order chi connectivity index (χ0) is 26.1. The molecule has 4 aromatic heterocycles. The average molecular weight is 525 g/mol. The molecule has 0 saturated heterocycles. The number of imidazole rings is 1. The number of H-pyrrole nitrogens is 1. The number of hydrogen-bond acceptors (Lipinski definition) is 6. The molecule has 1 fully saturated rings. The number of fused-ring (bicyclic) bond motifs is 3. The van der Waals surface area contributed by atoms with Crippen molar-refractivity contribution in [2.75, 3.05) is 0 Å². The molecule has 5 heterocycles. The minimum Gasteiger partial charge on any atom is -0.340 e. The molecule has 7 rings (SSSR count). The molecule has 38 heavy (non-hydrogen) atoms. The lowest BCUT2D eigenvalue weighted by atomic mass is 10.0. The largest absolute Gasteiger partial charge is 0.340 e. The standard InChI is InChI=1S/C27H18ClFN8O/c1-13-2-4-17(26(29)32-13)21-11-31-27(33-21)25-20-9-19(20)23-6-14(7-24(38)37(23)25)18-8-15(28)3-5-22(18)36-12-16(10-30)34-35-36/h2-8,11-12,19-20,25H,9H2,1H3,(H,31,33). The first kappa shape index (κ1) is 22.6. The van der Waals surface area contributed by atoms with Crippen LogP contribution in [0.2, 0.25) is 5.02 Å². The van der Waals surface area contributed by atoms with E-state index < -0.39 is 5.95 Å². The molecule has 9 nitrogen and oxygen atoms in total. The summed E-state index contributed by atoms with van der Waals surface area (Å²) in [5.41, 5.74) is 4.45. The fourth-order valence-electron chi connectivity index (χ4n) is 5.48. The number of aromatic nitrogens is 7. The van der Waals surface area contributed by atoms with Crippen LogP contribution in [-0.4, -0.2) is 34.5 Å². The van der Waals surface area contributed by atoms with Crippen LogP contribution < -0.4 is 5.56 Å². The third-order valence-electron chi connectivity index (χ3n) is 7.28. The summed E-state index contributed by atoms with van der Waals surface area (Å²) in [5, 5.41) is 17.6.